The zero-order valence-electron chi connectivity index (χ0n) is 10.5. The second-order valence-electron chi connectivity index (χ2n) is 5.30. The Bertz CT molecular complexity index is 420. The van der Waals surface area contributed by atoms with E-state index >= 15 is 0 Å². The number of rotatable bonds is 2. The van der Waals surface area contributed by atoms with Gasteiger partial charge in [0.1, 0.15) is 0 Å². The van der Waals surface area contributed by atoms with Crippen molar-refractivity contribution in [3.05, 3.63) is 42.0 Å². The molecule has 2 aliphatic carbocycles. The molecule has 1 spiro atoms. The molecule has 0 N–H and O–H groups in total. The molecular weight excluding hydrogens is 208 g/mol. The fourth-order valence-corrected chi connectivity index (χ4v) is 3.81. The predicted molar refractivity (Wildman–Crippen MR) is 70.7 cm³/mol. The molecular formula is C16H20O. The summed E-state index contributed by atoms with van der Waals surface area (Å²) in [4.78, 5) is 0. The van der Waals surface area contributed by atoms with Crippen molar-refractivity contribution in [1.82, 2.24) is 0 Å². The molecule has 2 atom stereocenters. The van der Waals surface area contributed by atoms with Gasteiger partial charge in [-0.1, -0.05) is 36.4 Å². The third kappa shape index (κ3) is 1.64. The summed E-state index contributed by atoms with van der Waals surface area (Å²) in [6.07, 6.45) is 9.18. The second-order valence-corrected chi connectivity index (χ2v) is 5.30. The van der Waals surface area contributed by atoms with E-state index in [2.05, 4.69) is 36.4 Å². The van der Waals surface area contributed by atoms with Gasteiger partial charge in [0.15, 0.2) is 0 Å². The zero-order valence-corrected chi connectivity index (χ0v) is 10.5. The van der Waals surface area contributed by atoms with Gasteiger partial charge in [-0.25, -0.2) is 0 Å². The molecule has 1 aromatic carbocycles. The molecule has 1 aromatic rings. The van der Waals surface area contributed by atoms with Crippen molar-refractivity contribution in [2.24, 2.45) is 5.41 Å². The van der Waals surface area contributed by atoms with Crippen LogP contribution < -0.4 is 0 Å². The maximum absolute atomic E-state index is 5.76. The maximum Gasteiger partial charge on any atom is 0.0668 e. The van der Waals surface area contributed by atoms with Crippen LogP contribution in [-0.4, -0.2) is 13.2 Å². The fraction of sp³-hybridized carbons (Fsp3) is 0.500. The smallest absolute Gasteiger partial charge is 0.0668 e. The number of methoxy groups -OCH3 is 1. The molecule has 0 amide bonds. The molecule has 2 aliphatic rings. The summed E-state index contributed by atoms with van der Waals surface area (Å²) < 4.78 is 5.76. The van der Waals surface area contributed by atoms with Gasteiger partial charge in [0.05, 0.1) is 6.10 Å². The first-order valence-corrected chi connectivity index (χ1v) is 6.66. The lowest BCUT2D eigenvalue weighted by molar-refractivity contribution is 0.0409. The van der Waals surface area contributed by atoms with Crippen molar-refractivity contribution < 1.29 is 4.74 Å². The molecule has 1 nitrogen and oxygen atoms in total. The van der Waals surface area contributed by atoms with E-state index in [-0.39, 0.29) is 0 Å². The summed E-state index contributed by atoms with van der Waals surface area (Å²) in [5.74, 6) is 0. The molecule has 0 radical (unpaired) electrons. The van der Waals surface area contributed by atoms with E-state index in [1.807, 2.05) is 7.11 Å². The Morgan fingerprint density at radius 2 is 2.00 bits per heavy atom. The molecule has 1 fully saturated rings. The quantitative estimate of drug-likeness (QED) is 0.742. The van der Waals surface area contributed by atoms with E-state index in [9.17, 15) is 0 Å². The van der Waals surface area contributed by atoms with E-state index in [1.165, 1.54) is 37.7 Å². The molecule has 0 heterocycles. The molecule has 1 saturated carbocycles. The Hall–Kier alpha value is -1.08. The maximum atomic E-state index is 5.76. The normalized spacial score (nSPS) is 32.1. The van der Waals surface area contributed by atoms with Crippen LogP contribution in [0.4, 0.5) is 0 Å². The van der Waals surface area contributed by atoms with Crippen LogP contribution in [0.2, 0.25) is 0 Å². The lowest BCUT2D eigenvalue weighted by Crippen LogP contribution is -2.30. The highest BCUT2D eigenvalue weighted by atomic mass is 16.5. The molecule has 1 heteroatoms. The Kier molecular flexibility index (Phi) is 2.79. The topological polar surface area (TPSA) is 9.23 Å². The van der Waals surface area contributed by atoms with Crippen molar-refractivity contribution in [2.45, 2.75) is 38.2 Å². The summed E-state index contributed by atoms with van der Waals surface area (Å²) in [6.45, 7) is 0. The molecule has 3 rings (SSSR count). The standard InChI is InChI=1S/C16H20O/c1-17-15-10-6-12-16(15)11-5-9-14(16)13-7-3-2-4-8-13/h2-4,7-9,15H,5-6,10-12H2,1H3/t15-,16-/m0/s1. The first-order chi connectivity index (χ1) is 8.37. The Morgan fingerprint density at radius 3 is 2.76 bits per heavy atom. The van der Waals surface area contributed by atoms with E-state index < -0.39 is 0 Å². The van der Waals surface area contributed by atoms with Gasteiger partial charge in [0.25, 0.3) is 0 Å². The third-order valence-corrected chi connectivity index (χ3v) is 4.55. The van der Waals surface area contributed by atoms with Crippen LogP contribution in [0.3, 0.4) is 0 Å². The molecule has 0 bridgehead atoms. The van der Waals surface area contributed by atoms with E-state index in [4.69, 9.17) is 4.74 Å². The molecule has 90 valence electrons. The van der Waals surface area contributed by atoms with E-state index in [0.29, 0.717) is 11.5 Å². The van der Waals surface area contributed by atoms with Crippen molar-refractivity contribution in [2.75, 3.05) is 7.11 Å². The lowest BCUT2D eigenvalue weighted by Gasteiger charge is -2.34. The monoisotopic (exact) mass is 228 g/mol. The Morgan fingerprint density at radius 1 is 1.18 bits per heavy atom. The summed E-state index contributed by atoms with van der Waals surface area (Å²) in [6, 6.07) is 10.8. The van der Waals surface area contributed by atoms with Crippen LogP contribution in [-0.2, 0) is 4.74 Å². The Labute approximate surface area is 103 Å². The predicted octanol–water partition coefficient (Wildman–Crippen LogP) is 4.05. The number of allylic oxidation sites excluding steroid dienone is 1. The van der Waals surface area contributed by atoms with Gasteiger partial charge in [-0.3, -0.25) is 0 Å². The largest absolute Gasteiger partial charge is 0.381 e. The SMILES string of the molecule is CO[C@H]1CCC[C@]12CCC=C2c1ccccc1. The number of hydrogen-bond donors (Lipinski definition) is 0. The molecule has 17 heavy (non-hydrogen) atoms. The minimum Gasteiger partial charge on any atom is -0.381 e. The summed E-state index contributed by atoms with van der Waals surface area (Å²) >= 11 is 0. The van der Waals surface area contributed by atoms with Crippen LogP contribution in [0.1, 0.15) is 37.7 Å². The van der Waals surface area contributed by atoms with Crippen LogP contribution in [0, 0.1) is 5.41 Å². The van der Waals surface area contributed by atoms with Gasteiger partial charge in [-0.2, -0.15) is 0 Å². The van der Waals surface area contributed by atoms with Gasteiger partial charge in [-0.05, 0) is 43.2 Å². The highest BCUT2D eigenvalue weighted by Crippen LogP contribution is 2.56. The van der Waals surface area contributed by atoms with Gasteiger partial charge in [0, 0.05) is 12.5 Å². The number of hydrogen-bond acceptors (Lipinski definition) is 1. The average Bonchev–Trinajstić information content (AvgIpc) is 2.98. The van der Waals surface area contributed by atoms with E-state index in [1.54, 1.807) is 5.57 Å². The molecule has 0 aromatic heterocycles. The molecule has 0 unspecified atom stereocenters. The number of benzene rings is 1. The summed E-state index contributed by atoms with van der Waals surface area (Å²) in [7, 11) is 1.87. The van der Waals surface area contributed by atoms with Crippen LogP contribution in [0.15, 0.2) is 36.4 Å². The first-order valence-electron chi connectivity index (χ1n) is 6.66. The summed E-state index contributed by atoms with van der Waals surface area (Å²) in [5, 5.41) is 0. The van der Waals surface area contributed by atoms with Crippen LogP contribution in [0.5, 0.6) is 0 Å². The minimum atomic E-state index is 0.316. The van der Waals surface area contributed by atoms with Crippen LogP contribution in [0.25, 0.3) is 5.57 Å². The lowest BCUT2D eigenvalue weighted by atomic mass is 9.75. The Balaban J connectivity index is 1.99. The van der Waals surface area contributed by atoms with Gasteiger partial charge < -0.3 is 4.74 Å². The number of ether oxygens (including phenoxy) is 1. The van der Waals surface area contributed by atoms with Crippen LogP contribution >= 0.6 is 0 Å². The average molecular weight is 228 g/mol. The van der Waals surface area contributed by atoms with E-state index in [0.717, 1.165) is 0 Å². The van der Waals surface area contributed by atoms with Gasteiger partial charge >= 0.3 is 0 Å². The first kappa shape index (κ1) is 11.0. The highest BCUT2D eigenvalue weighted by molar-refractivity contribution is 5.73. The highest BCUT2D eigenvalue weighted by Gasteiger charge is 2.47. The fourth-order valence-electron chi connectivity index (χ4n) is 3.81. The molecule has 0 aliphatic heterocycles. The van der Waals surface area contributed by atoms with Crippen molar-refractivity contribution >= 4 is 5.57 Å². The van der Waals surface area contributed by atoms with Crippen molar-refractivity contribution in [3.8, 4) is 0 Å². The van der Waals surface area contributed by atoms with Gasteiger partial charge in [0.2, 0.25) is 0 Å². The second kappa shape index (κ2) is 4.30. The van der Waals surface area contributed by atoms with Crippen molar-refractivity contribution in [1.29, 1.82) is 0 Å². The summed E-state index contributed by atoms with van der Waals surface area (Å²) in [5.41, 5.74) is 3.26. The zero-order chi connectivity index (χ0) is 11.7. The third-order valence-electron chi connectivity index (χ3n) is 4.55. The minimum absolute atomic E-state index is 0.316. The molecule has 0 saturated heterocycles. The van der Waals surface area contributed by atoms with Gasteiger partial charge in [-0.15, -0.1) is 0 Å². The van der Waals surface area contributed by atoms with Crippen molar-refractivity contribution in [3.63, 3.8) is 0 Å².